The molecule has 1 N–H and O–H groups in total. The van der Waals surface area contributed by atoms with Crippen molar-refractivity contribution >= 4 is 5.69 Å². The Morgan fingerprint density at radius 3 is 2.32 bits per heavy atom. The van der Waals surface area contributed by atoms with Crippen molar-refractivity contribution in [3.8, 4) is 0 Å². The van der Waals surface area contributed by atoms with E-state index in [4.69, 9.17) is 0 Å². The van der Waals surface area contributed by atoms with Gasteiger partial charge in [0.15, 0.2) is 0 Å². The van der Waals surface area contributed by atoms with Gasteiger partial charge in [-0.05, 0) is 36.9 Å². The van der Waals surface area contributed by atoms with Crippen LogP contribution in [0.1, 0.15) is 33.6 Å². The van der Waals surface area contributed by atoms with Gasteiger partial charge in [0.25, 0.3) is 0 Å². The molecule has 1 aromatic rings. The predicted molar refractivity (Wildman–Crippen MR) is 81.2 cm³/mol. The molecule has 2 nitrogen and oxygen atoms in total. The maximum Gasteiger partial charge on any atom is 0.146 e. The van der Waals surface area contributed by atoms with E-state index in [1.165, 1.54) is 6.07 Å². The largest absolute Gasteiger partial charge is 0.372 e. The Labute approximate surface area is 117 Å². The Balaban J connectivity index is 2.81. The molecule has 0 heterocycles. The molecule has 1 rings (SSSR count). The molecule has 0 aliphatic rings. The van der Waals surface area contributed by atoms with Crippen molar-refractivity contribution in [3.05, 3.63) is 30.1 Å². The highest BCUT2D eigenvalue weighted by atomic mass is 19.1. The first-order valence-electron chi connectivity index (χ1n) is 7.25. The molecule has 0 fully saturated rings. The van der Waals surface area contributed by atoms with Gasteiger partial charge in [0.1, 0.15) is 5.82 Å². The number of hydrogen-bond donors (Lipinski definition) is 1. The summed E-state index contributed by atoms with van der Waals surface area (Å²) in [5.41, 5.74) is 0.887. The van der Waals surface area contributed by atoms with Gasteiger partial charge in [0.05, 0.1) is 5.69 Å². The average Bonchev–Trinajstić information content (AvgIpc) is 2.44. The molecule has 0 radical (unpaired) electrons. The van der Waals surface area contributed by atoms with Crippen molar-refractivity contribution in [2.75, 3.05) is 31.6 Å². The minimum atomic E-state index is -0.144. The van der Waals surface area contributed by atoms with Crippen molar-refractivity contribution in [1.29, 1.82) is 0 Å². The molecule has 0 aliphatic carbocycles. The van der Waals surface area contributed by atoms with Gasteiger partial charge in [-0.25, -0.2) is 4.39 Å². The third kappa shape index (κ3) is 4.20. The van der Waals surface area contributed by atoms with Crippen LogP contribution >= 0.6 is 0 Å². The number of halogens is 1. The summed E-state index contributed by atoms with van der Waals surface area (Å²) < 4.78 is 13.8. The molecule has 0 spiro atoms. The van der Waals surface area contributed by atoms with E-state index in [1.807, 2.05) is 24.1 Å². The summed E-state index contributed by atoms with van der Waals surface area (Å²) >= 11 is 0. The zero-order chi connectivity index (χ0) is 14.3. The molecule has 19 heavy (non-hydrogen) atoms. The molecule has 0 atom stereocenters. The lowest BCUT2D eigenvalue weighted by molar-refractivity contribution is 0.257. The lowest BCUT2D eigenvalue weighted by atomic mass is 9.81. The van der Waals surface area contributed by atoms with E-state index in [1.54, 1.807) is 6.07 Å². The lowest BCUT2D eigenvalue weighted by Gasteiger charge is -2.37. The maximum absolute atomic E-state index is 13.8. The van der Waals surface area contributed by atoms with Gasteiger partial charge in [-0.1, -0.05) is 32.9 Å². The number of nitrogens with zero attached hydrogens (tertiary/aromatic N) is 1. The third-order valence-electron chi connectivity index (χ3n) is 4.09. The smallest absolute Gasteiger partial charge is 0.146 e. The van der Waals surface area contributed by atoms with Crippen molar-refractivity contribution in [3.63, 3.8) is 0 Å². The molecule has 1 aromatic carbocycles. The minimum absolute atomic E-state index is 0.144. The maximum atomic E-state index is 13.8. The molecule has 0 aromatic heterocycles. The normalized spacial score (nSPS) is 11.6. The van der Waals surface area contributed by atoms with Gasteiger partial charge in [-0.2, -0.15) is 0 Å². The predicted octanol–water partition coefficient (Wildman–Crippen LogP) is 3.68. The van der Waals surface area contributed by atoms with Crippen LogP contribution in [0.2, 0.25) is 0 Å². The average molecular weight is 266 g/mol. The number of rotatable bonds is 8. The molecule has 0 unspecified atom stereocenters. The fourth-order valence-corrected chi connectivity index (χ4v) is 2.52. The topological polar surface area (TPSA) is 15.3 Å². The van der Waals surface area contributed by atoms with Crippen LogP contribution in [-0.4, -0.2) is 26.7 Å². The summed E-state index contributed by atoms with van der Waals surface area (Å²) in [7, 11) is 1.98. The van der Waals surface area contributed by atoms with Gasteiger partial charge in [0, 0.05) is 20.1 Å². The van der Waals surface area contributed by atoms with E-state index in [0.717, 1.165) is 32.5 Å². The highest BCUT2D eigenvalue weighted by molar-refractivity contribution is 5.47. The minimum Gasteiger partial charge on any atom is -0.372 e. The zero-order valence-electron chi connectivity index (χ0n) is 12.7. The van der Waals surface area contributed by atoms with Gasteiger partial charge in [-0.15, -0.1) is 0 Å². The van der Waals surface area contributed by atoms with Crippen LogP contribution in [0.15, 0.2) is 24.3 Å². The Kier molecular flexibility index (Phi) is 6.29. The monoisotopic (exact) mass is 266 g/mol. The molecule has 0 saturated carbocycles. The van der Waals surface area contributed by atoms with Crippen LogP contribution in [-0.2, 0) is 0 Å². The van der Waals surface area contributed by atoms with E-state index in [-0.39, 0.29) is 11.2 Å². The first kappa shape index (κ1) is 16.0. The summed E-state index contributed by atoms with van der Waals surface area (Å²) in [6, 6.07) is 6.99. The fourth-order valence-electron chi connectivity index (χ4n) is 2.52. The van der Waals surface area contributed by atoms with E-state index < -0.39 is 0 Å². The second-order valence-electron chi connectivity index (χ2n) is 5.29. The van der Waals surface area contributed by atoms with Crippen LogP contribution < -0.4 is 10.2 Å². The van der Waals surface area contributed by atoms with Crippen molar-refractivity contribution in [1.82, 2.24) is 5.32 Å². The van der Waals surface area contributed by atoms with Crippen molar-refractivity contribution in [2.24, 2.45) is 5.41 Å². The Bertz CT molecular complexity index is 375. The fraction of sp³-hybridized carbons (Fsp3) is 0.625. The summed E-state index contributed by atoms with van der Waals surface area (Å²) in [6.07, 6.45) is 2.19. The third-order valence-corrected chi connectivity index (χ3v) is 4.09. The highest BCUT2D eigenvalue weighted by Crippen LogP contribution is 2.29. The standard InChI is InChI=1S/C16H27FN2/c1-5-16(6-2,12-18-7-3)13-19(4)15-11-9-8-10-14(15)17/h8-11,18H,5-7,12-13H2,1-4H3. The molecule has 3 heteroatoms. The number of para-hydroxylation sites is 1. The molecular formula is C16H27FN2. The summed E-state index contributed by atoms with van der Waals surface area (Å²) in [6.45, 7) is 9.39. The van der Waals surface area contributed by atoms with Gasteiger partial charge < -0.3 is 10.2 Å². The Morgan fingerprint density at radius 2 is 1.79 bits per heavy atom. The quantitative estimate of drug-likeness (QED) is 0.772. The molecule has 0 aliphatic heterocycles. The summed E-state index contributed by atoms with van der Waals surface area (Å²) in [5, 5.41) is 3.44. The second kappa shape index (κ2) is 7.49. The van der Waals surface area contributed by atoms with Gasteiger partial charge >= 0.3 is 0 Å². The van der Waals surface area contributed by atoms with Crippen LogP contribution in [0.3, 0.4) is 0 Å². The van der Waals surface area contributed by atoms with Crippen LogP contribution in [0, 0.1) is 11.2 Å². The Morgan fingerprint density at radius 1 is 1.16 bits per heavy atom. The summed E-state index contributed by atoms with van der Waals surface area (Å²) in [5.74, 6) is -0.144. The van der Waals surface area contributed by atoms with E-state index in [0.29, 0.717) is 5.69 Å². The van der Waals surface area contributed by atoms with Crippen LogP contribution in [0.25, 0.3) is 0 Å². The van der Waals surface area contributed by atoms with E-state index in [2.05, 4.69) is 26.1 Å². The highest BCUT2D eigenvalue weighted by Gasteiger charge is 2.28. The molecule has 108 valence electrons. The lowest BCUT2D eigenvalue weighted by Crippen LogP contribution is -2.42. The zero-order valence-corrected chi connectivity index (χ0v) is 12.7. The SMILES string of the molecule is CCNCC(CC)(CC)CN(C)c1ccccc1F. The number of benzene rings is 1. The van der Waals surface area contributed by atoms with E-state index >= 15 is 0 Å². The van der Waals surface area contributed by atoms with Crippen molar-refractivity contribution in [2.45, 2.75) is 33.6 Å². The first-order chi connectivity index (χ1) is 9.08. The molecule has 0 amide bonds. The molecular weight excluding hydrogens is 239 g/mol. The molecule has 0 bridgehead atoms. The summed E-state index contributed by atoms with van der Waals surface area (Å²) in [4.78, 5) is 2.04. The number of anilines is 1. The Hall–Kier alpha value is -1.09. The van der Waals surface area contributed by atoms with Gasteiger partial charge in [0.2, 0.25) is 0 Å². The van der Waals surface area contributed by atoms with Crippen LogP contribution in [0.4, 0.5) is 10.1 Å². The van der Waals surface area contributed by atoms with Gasteiger partial charge in [-0.3, -0.25) is 0 Å². The second-order valence-corrected chi connectivity index (χ2v) is 5.29. The van der Waals surface area contributed by atoms with Crippen molar-refractivity contribution < 1.29 is 4.39 Å². The first-order valence-corrected chi connectivity index (χ1v) is 7.25. The van der Waals surface area contributed by atoms with E-state index in [9.17, 15) is 4.39 Å². The molecule has 0 saturated heterocycles. The number of nitrogens with one attached hydrogen (secondary N) is 1. The number of hydrogen-bond acceptors (Lipinski definition) is 2. The van der Waals surface area contributed by atoms with Crippen LogP contribution in [0.5, 0.6) is 0 Å².